The fraction of sp³-hybridized carbons (Fsp3) is 0.0282. The lowest BCUT2D eigenvalue weighted by atomic mass is 9.89. The molecule has 13 rings (SSSR count). The van der Waals surface area contributed by atoms with Crippen LogP contribution in [0.25, 0.3) is 132 Å². The van der Waals surface area contributed by atoms with Crippen LogP contribution in [0, 0.1) is 13.8 Å². The zero-order valence-corrected chi connectivity index (χ0v) is 42.4. The minimum atomic E-state index is 0.601. The molecule has 2 heterocycles. The minimum absolute atomic E-state index is 0.601. The molecule has 0 N–H and O–H groups in total. The van der Waals surface area contributed by atoms with Crippen molar-refractivity contribution >= 4 is 31.5 Å². The van der Waals surface area contributed by atoms with Crippen molar-refractivity contribution in [2.75, 3.05) is 0 Å². The summed E-state index contributed by atoms with van der Waals surface area (Å²) in [5, 5.41) is 2.56. The Morgan fingerprint density at radius 2 is 0.640 bits per heavy atom. The third-order valence-electron chi connectivity index (χ3n) is 14.4. The van der Waals surface area contributed by atoms with Gasteiger partial charge >= 0.3 is 0 Å². The quantitative estimate of drug-likeness (QED) is 0.137. The van der Waals surface area contributed by atoms with E-state index in [0.717, 1.165) is 72.3 Å². The van der Waals surface area contributed by atoms with Gasteiger partial charge in [-0.3, -0.25) is 0 Å². The molecule has 0 aliphatic heterocycles. The number of benzene rings is 11. The molecule has 0 aliphatic rings. The maximum Gasteiger partial charge on any atom is 0.164 e. The summed E-state index contributed by atoms with van der Waals surface area (Å²) in [6.07, 6.45) is 0. The predicted molar refractivity (Wildman–Crippen MR) is 317 cm³/mol. The molecule has 0 spiro atoms. The highest BCUT2D eigenvalue weighted by Gasteiger charge is 2.21. The Kier molecular flexibility index (Phi) is 11.9. The smallest absolute Gasteiger partial charge is 0.164 e. The zero-order chi connectivity index (χ0) is 50.2. The van der Waals surface area contributed by atoms with Crippen molar-refractivity contribution in [3.05, 3.63) is 272 Å². The van der Waals surface area contributed by atoms with Gasteiger partial charge in [-0.25, -0.2) is 15.0 Å². The zero-order valence-electron chi connectivity index (χ0n) is 41.6. The van der Waals surface area contributed by atoms with Gasteiger partial charge in [0.2, 0.25) is 0 Å². The molecule has 354 valence electrons. The van der Waals surface area contributed by atoms with E-state index in [4.69, 9.17) is 15.0 Å². The number of hydrogen-bond donors (Lipinski definition) is 0. The average molecular weight is 976 g/mol. The molecule has 0 unspecified atom stereocenters. The van der Waals surface area contributed by atoms with Crippen molar-refractivity contribution in [3.8, 4) is 112 Å². The number of rotatable bonds is 10. The average Bonchev–Trinajstić information content (AvgIpc) is 3.88. The lowest BCUT2D eigenvalue weighted by Crippen LogP contribution is -2.02. The van der Waals surface area contributed by atoms with Crippen LogP contribution in [0.4, 0.5) is 0 Å². The summed E-state index contributed by atoms with van der Waals surface area (Å²) < 4.78 is 2.59. The third-order valence-corrected chi connectivity index (χ3v) is 15.7. The van der Waals surface area contributed by atoms with E-state index in [-0.39, 0.29) is 0 Å². The van der Waals surface area contributed by atoms with Crippen molar-refractivity contribution < 1.29 is 0 Å². The van der Waals surface area contributed by atoms with Crippen LogP contribution in [-0.2, 0) is 0 Å². The molecule has 0 bridgehead atoms. The van der Waals surface area contributed by atoms with E-state index in [9.17, 15) is 0 Å². The summed E-state index contributed by atoms with van der Waals surface area (Å²) >= 11 is 1.88. The first kappa shape index (κ1) is 45.5. The van der Waals surface area contributed by atoms with Crippen LogP contribution in [-0.4, -0.2) is 15.0 Å². The molecular weight excluding hydrogens is 927 g/mol. The summed E-state index contributed by atoms with van der Waals surface area (Å²) in [6.45, 7) is 4.38. The van der Waals surface area contributed by atoms with E-state index >= 15 is 0 Å². The Balaban J connectivity index is 0.984. The normalized spacial score (nSPS) is 11.3. The van der Waals surface area contributed by atoms with Gasteiger partial charge in [0.1, 0.15) is 0 Å². The lowest BCUT2D eigenvalue weighted by molar-refractivity contribution is 1.07. The second-order valence-corrected chi connectivity index (χ2v) is 20.2. The summed E-state index contributed by atoms with van der Waals surface area (Å²) in [5.74, 6) is 1.83. The highest BCUT2D eigenvalue weighted by molar-refractivity contribution is 7.26. The van der Waals surface area contributed by atoms with E-state index in [1.165, 1.54) is 53.6 Å². The Morgan fingerprint density at radius 3 is 1.28 bits per heavy atom. The molecule has 0 saturated carbocycles. The Bertz CT molecular complexity index is 4220. The molecule has 0 radical (unpaired) electrons. The molecule has 3 nitrogen and oxygen atoms in total. The SMILES string of the molecule is Cc1ccc(-c2ccccc2)cc1-c1c(C)cccc1-c1nc(-c2ccc(-c3ccccc3)cc2)nc(-c2cc(-c3ccccc3)cc(-c3cccc(-c4cccc5c4sc4c(-c6ccccc6)cccc45)c3)c2)n1. The van der Waals surface area contributed by atoms with E-state index in [0.29, 0.717) is 17.5 Å². The van der Waals surface area contributed by atoms with Crippen LogP contribution in [0.2, 0.25) is 0 Å². The van der Waals surface area contributed by atoms with Gasteiger partial charge in [-0.15, -0.1) is 11.3 Å². The number of hydrogen-bond acceptors (Lipinski definition) is 4. The van der Waals surface area contributed by atoms with Gasteiger partial charge in [0.15, 0.2) is 17.5 Å². The molecule has 0 atom stereocenters. The second-order valence-electron chi connectivity index (χ2n) is 19.2. The first-order valence-electron chi connectivity index (χ1n) is 25.5. The first-order valence-corrected chi connectivity index (χ1v) is 26.3. The van der Waals surface area contributed by atoms with Gasteiger partial charge in [-0.1, -0.05) is 231 Å². The molecule has 4 heteroatoms. The van der Waals surface area contributed by atoms with Crippen LogP contribution in [0.5, 0.6) is 0 Å². The van der Waals surface area contributed by atoms with Gasteiger partial charge in [-0.05, 0) is 133 Å². The molecule has 2 aromatic heterocycles. The van der Waals surface area contributed by atoms with Crippen LogP contribution in [0.15, 0.2) is 261 Å². The largest absolute Gasteiger partial charge is 0.208 e. The highest BCUT2D eigenvalue weighted by Crippen LogP contribution is 2.45. The molecule has 0 fully saturated rings. The molecule has 0 aliphatic carbocycles. The number of aryl methyl sites for hydroxylation is 2. The molecule has 0 saturated heterocycles. The molecule has 11 aromatic carbocycles. The first-order chi connectivity index (χ1) is 37.0. The van der Waals surface area contributed by atoms with E-state index in [2.05, 4.69) is 269 Å². The fourth-order valence-electron chi connectivity index (χ4n) is 10.6. The number of nitrogens with zero attached hydrogens (tertiary/aromatic N) is 3. The van der Waals surface area contributed by atoms with Gasteiger partial charge in [0, 0.05) is 36.9 Å². The van der Waals surface area contributed by atoms with Crippen LogP contribution < -0.4 is 0 Å². The minimum Gasteiger partial charge on any atom is -0.208 e. The summed E-state index contributed by atoms with van der Waals surface area (Å²) in [4.78, 5) is 16.3. The summed E-state index contributed by atoms with van der Waals surface area (Å²) in [7, 11) is 0. The maximum atomic E-state index is 5.50. The Morgan fingerprint density at radius 1 is 0.240 bits per heavy atom. The van der Waals surface area contributed by atoms with Crippen LogP contribution >= 0.6 is 11.3 Å². The number of aromatic nitrogens is 3. The molecular formula is C71H49N3S. The maximum absolute atomic E-state index is 5.50. The Hall–Kier alpha value is -9.35. The lowest BCUT2D eigenvalue weighted by Gasteiger charge is -2.17. The fourth-order valence-corrected chi connectivity index (χ4v) is 12.0. The van der Waals surface area contributed by atoms with Crippen molar-refractivity contribution in [1.29, 1.82) is 0 Å². The number of thiophene rings is 1. The monoisotopic (exact) mass is 975 g/mol. The van der Waals surface area contributed by atoms with Gasteiger partial charge in [0.05, 0.1) is 0 Å². The van der Waals surface area contributed by atoms with Gasteiger partial charge in [0.25, 0.3) is 0 Å². The summed E-state index contributed by atoms with van der Waals surface area (Å²) in [5.41, 5.74) is 21.2. The van der Waals surface area contributed by atoms with Crippen molar-refractivity contribution in [3.63, 3.8) is 0 Å². The van der Waals surface area contributed by atoms with Crippen LogP contribution in [0.1, 0.15) is 11.1 Å². The molecule has 75 heavy (non-hydrogen) atoms. The standard InChI is InChI=1S/C71H49N3S/c1-46-35-36-55(49-22-9-4-10-23-49)45-65(46)66-47(2)19-15-34-64(66)71-73-69(53-39-37-51(38-40-53)48-20-7-3-8-21-48)72-70(74-71)59-43-57(50-24-11-5-12-25-50)42-58(44-59)54-28-16-29-56(41-54)61-31-18-33-63-62-32-17-30-60(67(62)75-68(61)63)52-26-13-6-14-27-52/h3-45H,1-2H3. The van der Waals surface area contributed by atoms with Gasteiger partial charge < -0.3 is 0 Å². The van der Waals surface area contributed by atoms with Crippen molar-refractivity contribution in [1.82, 2.24) is 15.0 Å². The third kappa shape index (κ3) is 8.82. The predicted octanol–water partition coefficient (Wildman–Crippen LogP) is 19.5. The van der Waals surface area contributed by atoms with E-state index < -0.39 is 0 Å². The summed E-state index contributed by atoms with van der Waals surface area (Å²) in [6, 6.07) is 93.4. The van der Waals surface area contributed by atoms with Crippen LogP contribution in [0.3, 0.4) is 0 Å². The van der Waals surface area contributed by atoms with Crippen molar-refractivity contribution in [2.24, 2.45) is 0 Å². The van der Waals surface area contributed by atoms with E-state index in [1.807, 2.05) is 17.4 Å². The highest BCUT2D eigenvalue weighted by atomic mass is 32.1. The Labute approximate surface area is 441 Å². The number of fused-ring (bicyclic) bond motifs is 3. The van der Waals surface area contributed by atoms with Crippen molar-refractivity contribution in [2.45, 2.75) is 13.8 Å². The topological polar surface area (TPSA) is 38.7 Å². The van der Waals surface area contributed by atoms with Gasteiger partial charge in [-0.2, -0.15) is 0 Å². The van der Waals surface area contributed by atoms with E-state index in [1.54, 1.807) is 0 Å². The molecule has 0 amide bonds. The second kappa shape index (κ2) is 19.6. The molecule has 13 aromatic rings.